The third-order valence-corrected chi connectivity index (χ3v) is 11.2. The number of alkyl halides is 5. The Kier molecular flexibility index (Phi) is 9.17. The van der Waals surface area contributed by atoms with E-state index in [0.717, 1.165) is 23.3 Å². The summed E-state index contributed by atoms with van der Waals surface area (Å²) in [4.78, 5) is 4.08. The minimum Gasteiger partial charge on any atom is -0.743 e. The van der Waals surface area contributed by atoms with E-state index in [1.165, 1.54) is 26.8 Å². The van der Waals surface area contributed by atoms with Crippen molar-refractivity contribution in [1.29, 1.82) is 0 Å². The lowest BCUT2D eigenvalue weighted by molar-refractivity contribution is -0.188. The highest BCUT2D eigenvalue weighted by atomic mass is 32.2. The van der Waals surface area contributed by atoms with Gasteiger partial charge in [-0.1, -0.05) is 109 Å². The monoisotopic (exact) mass is 690 g/mol. The third-order valence-electron chi connectivity index (χ3n) is 8.10. The first-order valence-electron chi connectivity index (χ1n) is 14.8. The van der Waals surface area contributed by atoms with E-state index in [0.29, 0.717) is 11.1 Å². The maximum Gasteiger partial charge on any atom is 0.402 e. The molecule has 0 saturated heterocycles. The molecule has 0 bridgehead atoms. The first-order chi connectivity index (χ1) is 22.9. The zero-order valence-electron chi connectivity index (χ0n) is 25.1. The summed E-state index contributed by atoms with van der Waals surface area (Å²) < 4.78 is 103. The summed E-state index contributed by atoms with van der Waals surface area (Å²) in [5.41, 5.74) is 1.65. The molecular formula is C38H27F5O3S2. The van der Waals surface area contributed by atoms with Crippen LogP contribution in [0.15, 0.2) is 160 Å². The van der Waals surface area contributed by atoms with Crippen LogP contribution in [0.4, 0.5) is 22.0 Å². The van der Waals surface area contributed by atoms with Crippen molar-refractivity contribution in [3.05, 3.63) is 162 Å². The minimum atomic E-state index is -6.57. The Labute approximate surface area is 277 Å². The van der Waals surface area contributed by atoms with Crippen LogP contribution in [0.1, 0.15) is 22.6 Å². The molecule has 0 heterocycles. The molecule has 10 heteroatoms. The standard InChI is InChI=1S/C20H13F5O3S.C18H15S/c21-19(22,23)18(20(24,25)29(26,27)28)15-7-3-5-11-8-9-14-13-6-2-1-4-12(13)10-16(14)17(11)15;1-4-10-16(11-5-1)19(17-12-6-2-7-13-17)18-14-8-3-9-15-18/h1-9,18H,10H2,(H,26,27,28);1-15H/q;+1/p-1. The van der Waals surface area contributed by atoms with Gasteiger partial charge in [-0.2, -0.15) is 22.0 Å². The Hall–Kier alpha value is -4.51. The minimum absolute atomic E-state index is 0.0146. The summed E-state index contributed by atoms with van der Waals surface area (Å²) in [6.45, 7) is 0. The Morgan fingerprint density at radius 2 is 1.08 bits per heavy atom. The largest absolute Gasteiger partial charge is 0.743 e. The maximum absolute atomic E-state index is 14.3. The lowest BCUT2D eigenvalue weighted by Crippen LogP contribution is -2.43. The maximum atomic E-state index is 14.3. The van der Waals surface area contributed by atoms with Crippen molar-refractivity contribution in [3.63, 3.8) is 0 Å². The molecule has 244 valence electrons. The highest BCUT2D eigenvalue weighted by molar-refractivity contribution is 7.97. The second kappa shape index (κ2) is 13.2. The molecule has 0 saturated carbocycles. The summed E-state index contributed by atoms with van der Waals surface area (Å²) >= 11 is 0. The number of halogens is 5. The van der Waals surface area contributed by atoms with Gasteiger partial charge in [-0.25, -0.2) is 8.42 Å². The van der Waals surface area contributed by atoms with Gasteiger partial charge in [-0.15, -0.1) is 0 Å². The summed E-state index contributed by atoms with van der Waals surface area (Å²) in [7, 11) is -6.59. The lowest BCUT2D eigenvalue weighted by Gasteiger charge is -2.31. The Balaban J connectivity index is 0.000000182. The van der Waals surface area contributed by atoms with Gasteiger partial charge in [0.1, 0.15) is 0 Å². The number of benzene rings is 6. The van der Waals surface area contributed by atoms with E-state index in [1.807, 2.05) is 0 Å². The van der Waals surface area contributed by atoms with Crippen LogP contribution in [0.5, 0.6) is 0 Å². The number of rotatable bonds is 6. The van der Waals surface area contributed by atoms with Gasteiger partial charge in [-0.05, 0) is 81.4 Å². The number of fused-ring (bicyclic) bond motifs is 5. The second-order valence-electron chi connectivity index (χ2n) is 11.1. The van der Waals surface area contributed by atoms with E-state index in [4.69, 9.17) is 0 Å². The molecule has 0 N–H and O–H groups in total. The second-order valence-corrected chi connectivity index (χ2v) is 14.6. The van der Waals surface area contributed by atoms with Gasteiger partial charge in [0.2, 0.25) is 0 Å². The van der Waals surface area contributed by atoms with E-state index in [-0.39, 0.29) is 28.1 Å². The Morgan fingerprint density at radius 3 is 1.58 bits per heavy atom. The quantitative estimate of drug-likeness (QED) is 0.0992. The molecule has 0 aliphatic heterocycles. The van der Waals surface area contributed by atoms with Crippen LogP contribution in [0, 0.1) is 0 Å². The first kappa shape index (κ1) is 33.4. The number of hydrogen-bond acceptors (Lipinski definition) is 3. The fraction of sp³-hybridized carbons (Fsp3) is 0.105. The van der Waals surface area contributed by atoms with Gasteiger partial charge in [0.05, 0.1) is 10.9 Å². The smallest absolute Gasteiger partial charge is 0.402 e. The van der Waals surface area contributed by atoms with Gasteiger partial charge in [0, 0.05) is 0 Å². The molecule has 0 fully saturated rings. The topological polar surface area (TPSA) is 57.2 Å². The molecule has 6 aromatic rings. The predicted molar refractivity (Wildman–Crippen MR) is 177 cm³/mol. The average Bonchev–Trinajstić information content (AvgIpc) is 3.45. The van der Waals surface area contributed by atoms with Crippen LogP contribution in [0.25, 0.3) is 21.9 Å². The average molecular weight is 691 g/mol. The van der Waals surface area contributed by atoms with E-state index >= 15 is 0 Å². The molecule has 0 radical (unpaired) electrons. The third kappa shape index (κ3) is 6.48. The van der Waals surface area contributed by atoms with Gasteiger partial charge in [0.15, 0.2) is 30.7 Å². The zero-order valence-corrected chi connectivity index (χ0v) is 26.7. The van der Waals surface area contributed by atoms with Gasteiger partial charge >= 0.3 is 11.4 Å². The lowest BCUT2D eigenvalue weighted by atomic mass is 9.88. The fourth-order valence-electron chi connectivity index (χ4n) is 6.06. The van der Waals surface area contributed by atoms with E-state index in [2.05, 4.69) is 91.0 Å². The highest BCUT2D eigenvalue weighted by Crippen LogP contribution is 2.51. The van der Waals surface area contributed by atoms with Gasteiger partial charge in [-0.3, -0.25) is 0 Å². The summed E-state index contributed by atoms with van der Waals surface area (Å²) in [6.07, 6.45) is -5.45. The van der Waals surface area contributed by atoms with Crippen LogP contribution in [0.3, 0.4) is 0 Å². The van der Waals surface area contributed by atoms with Crippen molar-refractivity contribution < 1.29 is 34.9 Å². The summed E-state index contributed by atoms with van der Waals surface area (Å²) in [5, 5.41) is -5.41. The van der Waals surface area contributed by atoms with Crippen molar-refractivity contribution in [1.82, 2.24) is 0 Å². The van der Waals surface area contributed by atoms with Crippen molar-refractivity contribution in [2.45, 2.75) is 38.5 Å². The zero-order chi connectivity index (χ0) is 34.1. The Morgan fingerprint density at radius 1 is 0.583 bits per heavy atom. The molecule has 7 rings (SSSR count). The molecule has 0 aromatic heterocycles. The predicted octanol–water partition coefficient (Wildman–Crippen LogP) is 9.98. The van der Waals surface area contributed by atoms with E-state index in [1.54, 1.807) is 30.3 Å². The fourth-order valence-corrected chi connectivity index (χ4v) is 8.71. The van der Waals surface area contributed by atoms with Crippen LogP contribution >= 0.6 is 0 Å². The van der Waals surface area contributed by atoms with Gasteiger partial charge < -0.3 is 4.55 Å². The van der Waals surface area contributed by atoms with Gasteiger partial charge in [0.25, 0.3) is 0 Å². The summed E-state index contributed by atoms with van der Waals surface area (Å²) in [6, 6.07) is 45.8. The van der Waals surface area contributed by atoms with Crippen LogP contribution in [0.2, 0.25) is 0 Å². The normalized spacial score (nSPS) is 13.4. The molecule has 0 amide bonds. The molecule has 48 heavy (non-hydrogen) atoms. The Bertz CT molecular complexity index is 2060. The van der Waals surface area contributed by atoms with Crippen molar-refractivity contribution >= 4 is 31.8 Å². The molecule has 1 atom stereocenters. The molecule has 3 nitrogen and oxygen atoms in total. The molecule has 1 aliphatic rings. The van der Waals surface area contributed by atoms with Crippen molar-refractivity contribution in [2.24, 2.45) is 0 Å². The van der Waals surface area contributed by atoms with E-state index < -0.39 is 33.0 Å². The number of hydrogen-bond donors (Lipinski definition) is 0. The molecule has 6 aromatic carbocycles. The highest BCUT2D eigenvalue weighted by Gasteiger charge is 2.61. The summed E-state index contributed by atoms with van der Waals surface area (Å²) in [5.74, 6) is -3.78. The van der Waals surface area contributed by atoms with Crippen LogP contribution in [-0.4, -0.2) is 24.4 Å². The van der Waals surface area contributed by atoms with Crippen LogP contribution < -0.4 is 0 Å². The molecular weight excluding hydrogens is 664 g/mol. The molecule has 1 aliphatic carbocycles. The van der Waals surface area contributed by atoms with Crippen LogP contribution in [-0.2, 0) is 27.4 Å². The SMILES string of the molecule is O=S(=O)([O-])C(F)(F)C(c1cccc2ccc3c(c12)Cc1ccccc1-3)C(F)(F)F.c1ccc([S+](c2ccccc2)c2ccccc2)cc1. The molecule has 1 unspecified atom stereocenters. The first-order valence-corrected chi connectivity index (χ1v) is 17.4. The van der Waals surface area contributed by atoms with E-state index in [9.17, 15) is 34.9 Å². The van der Waals surface area contributed by atoms with Crippen molar-refractivity contribution in [3.8, 4) is 11.1 Å². The van der Waals surface area contributed by atoms with Crippen molar-refractivity contribution in [2.75, 3.05) is 0 Å². The molecule has 0 spiro atoms.